The minimum atomic E-state index is -0.531. The number of aromatic nitrogens is 4. The summed E-state index contributed by atoms with van der Waals surface area (Å²) in [6.07, 6.45) is 10.8. The zero-order valence-electron chi connectivity index (χ0n) is 28.4. The highest BCUT2D eigenvalue weighted by Crippen LogP contribution is 2.55. The van der Waals surface area contributed by atoms with Crippen molar-refractivity contribution in [2.45, 2.75) is 103 Å². The van der Waals surface area contributed by atoms with Gasteiger partial charge in [-0.1, -0.05) is 50.2 Å². The molecule has 1 amide bonds. The van der Waals surface area contributed by atoms with Gasteiger partial charge >= 0.3 is 6.09 Å². The van der Waals surface area contributed by atoms with Crippen LogP contribution in [0.2, 0.25) is 0 Å². The van der Waals surface area contributed by atoms with E-state index in [0.29, 0.717) is 36.3 Å². The number of hydrogen-bond donors (Lipinski definition) is 3. The van der Waals surface area contributed by atoms with Crippen LogP contribution in [-0.2, 0) is 4.74 Å². The van der Waals surface area contributed by atoms with Gasteiger partial charge in [0, 0.05) is 12.1 Å². The summed E-state index contributed by atoms with van der Waals surface area (Å²) in [7, 11) is 0. The molecular weight excluding hydrogens is 584 g/mol. The molecule has 2 aromatic heterocycles. The highest BCUT2D eigenvalue weighted by atomic mass is 16.6. The second-order valence-corrected chi connectivity index (χ2v) is 15.8. The number of aromatic amines is 2. The van der Waals surface area contributed by atoms with Crippen molar-refractivity contribution in [1.29, 1.82) is 0 Å². The van der Waals surface area contributed by atoms with Gasteiger partial charge in [0.25, 0.3) is 0 Å². The van der Waals surface area contributed by atoms with Crippen molar-refractivity contribution in [3.05, 3.63) is 71.6 Å². The Morgan fingerprint density at radius 2 is 1.40 bits per heavy atom. The molecule has 0 unspecified atom stereocenters. The average molecular weight is 633 g/mol. The number of rotatable bonds is 5. The van der Waals surface area contributed by atoms with Crippen LogP contribution >= 0.6 is 0 Å². The number of fused-ring (bicyclic) bond motifs is 2. The van der Waals surface area contributed by atoms with Crippen molar-refractivity contribution in [3.8, 4) is 33.6 Å². The summed E-state index contributed by atoms with van der Waals surface area (Å²) in [5.41, 5.74) is 9.76. The monoisotopic (exact) mass is 632 g/mol. The van der Waals surface area contributed by atoms with E-state index in [1.54, 1.807) is 11.1 Å². The molecule has 5 aliphatic rings. The van der Waals surface area contributed by atoms with Gasteiger partial charge in [0.1, 0.15) is 17.2 Å². The number of imidazole rings is 2. The largest absolute Gasteiger partial charge is 0.444 e. The third-order valence-corrected chi connectivity index (χ3v) is 11.0. The molecule has 8 heteroatoms. The summed E-state index contributed by atoms with van der Waals surface area (Å²) in [6, 6.07) is 13.8. The van der Waals surface area contributed by atoms with Gasteiger partial charge in [0.2, 0.25) is 0 Å². The Labute approximate surface area is 278 Å². The number of carbonyl (C=O) groups excluding carboxylic acids is 1. The fraction of sp³-hybridized carbons (Fsp3) is 0.513. The second kappa shape index (κ2) is 11.7. The zero-order chi connectivity index (χ0) is 32.4. The maximum absolute atomic E-state index is 13.0. The van der Waals surface area contributed by atoms with Gasteiger partial charge in [0.05, 0.1) is 35.9 Å². The Balaban J connectivity index is 1.07. The van der Waals surface area contributed by atoms with Gasteiger partial charge in [-0.2, -0.15) is 0 Å². The summed E-state index contributed by atoms with van der Waals surface area (Å²) in [4.78, 5) is 31.7. The summed E-state index contributed by atoms with van der Waals surface area (Å²) in [5.74, 6) is 4.18. The summed E-state index contributed by atoms with van der Waals surface area (Å²) < 4.78 is 5.72. The molecule has 4 aromatic rings. The Bertz CT molecular complexity index is 1770. The van der Waals surface area contributed by atoms with Crippen LogP contribution in [0.1, 0.15) is 120 Å². The topological polar surface area (TPSA) is 98.9 Å². The van der Waals surface area contributed by atoms with E-state index in [1.807, 2.05) is 31.9 Å². The SMILES string of the molecule is C[C@@H]1C[C@@H](c2ncc(-c3ccc(-c4ccc(-c5cnc([C@@H]6C[C@@H](C)CN6)[nH]5)c5c4C4CCC5CC4)cc3)[nH]2)N(C(=O)OC(C)(C)C)C1. The predicted octanol–water partition coefficient (Wildman–Crippen LogP) is 8.88. The number of amides is 1. The molecule has 4 atom stereocenters. The zero-order valence-corrected chi connectivity index (χ0v) is 28.4. The number of nitrogens with zero attached hydrogens (tertiary/aromatic N) is 3. The number of H-pyrrole nitrogens is 2. The molecule has 2 aromatic carbocycles. The number of ether oxygens (including phenoxy) is 1. The fourth-order valence-corrected chi connectivity index (χ4v) is 8.75. The van der Waals surface area contributed by atoms with Gasteiger partial charge in [-0.15, -0.1) is 0 Å². The molecule has 0 spiro atoms. The third kappa shape index (κ3) is 5.68. The lowest BCUT2D eigenvalue weighted by Gasteiger charge is -2.41. The lowest BCUT2D eigenvalue weighted by atomic mass is 9.64. The molecule has 3 aliphatic carbocycles. The van der Waals surface area contributed by atoms with Gasteiger partial charge in [0.15, 0.2) is 0 Å². The number of hydrogen-bond acceptors (Lipinski definition) is 5. The minimum absolute atomic E-state index is 0.114. The van der Waals surface area contributed by atoms with E-state index in [4.69, 9.17) is 14.7 Å². The van der Waals surface area contributed by atoms with Crippen LogP contribution in [-0.4, -0.2) is 49.6 Å². The quantitative estimate of drug-likeness (QED) is 0.204. The van der Waals surface area contributed by atoms with Gasteiger partial charge in [-0.3, -0.25) is 4.90 Å². The van der Waals surface area contributed by atoms with E-state index in [-0.39, 0.29) is 12.1 Å². The smallest absolute Gasteiger partial charge is 0.410 e. The standard InChI is InChI=1S/C39H48N6O2/c1-22-16-30(40-18-22)36-41-20-32(44-36)29-15-14-28(34-26-10-12-27(13-11-26)35(29)34)24-6-8-25(9-7-24)31-19-42-37(43-31)33-17-23(2)21-45(33)38(46)47-39(3,4)5/h6-9,14-15,19-20,22-23,26-27,30,33,40H,10-13,16-18,21H2,1-5H3,(H,41,44)(H,42,43)/t22-,23-,26?,27?,30+,33+/m1/s1. The first-order chi connectivity index (χ1) is 22.6. The number of benzene rings is 2. The Hall–Kier alpha value is -3.91. The van der Waals surface area contributed by atoms with Crippen molar-refractivity contribution in [3.63, 3.8) is 0 Å². The molecule has 8 nitrogen and oxygen atoms in total. The first-order valence-corrected chi connectivity index (χ1v) is 17.7. The Morgan fingerprint density at radius 3 is 2.09 bits per heavy atom. The third-order valence-electron chi connectivity index (χ3n) is 11.0. The molecule has 2 aliphatic heterocycles. The molecule has 246 valence electrons. The molecular formula is C39H48N6O2. The van der Waals surface area contributed by atoms with Crippen molar-refractivity contribution in [2.24, 2.45) is 11.8 Å². The molecule has 3 N–H and O–H groups in total. The summed E-state index contributed by atoms with van der Waals surface area (Å²) >= 11 is 0. The van der Waals surface area contributed by atoms with Gasteiger partial charge in [-0.25, -0.2) is 14.8 Å². The van der Waals surface area contributed by atoms with E-state index in [0.717, 1.165) is 48.0 Å². The molecule has 2 saturated heterocycles. The van der Waals surface area contributed by atoms with Crippen molar-refractivity contribution >= 4 is 6.09 Å². The van der Waals surface area contributed by atoms with E-state index in [2.05, 4.69) is 71.7 Å². The van der Waals surface area contributed by atoms with Crippen LogP contribution < -0.4 is 5.32 Å². The van der Waals surface area contributed by atoms with Crippen LogP contribution in [0.5, 0.6) is 0 Å². The molecule has 3 fully saturated rings. The highest BCUT2D eigenvalue weighted by molar-refractivity contribution is 5.79. The minimum Gasteiger partial charge on any atom is -0.444 e. The van der Waals surface area contributed by atoms with E-state index in [9.17, 15) is 4.79 Å². The van der Waals surface area contributed by atoms with Crippen LogP contribution in [0.25, 0.3) is 33.6 Å². The average Bonchev–Trinajstić information content (AvgIpc) is 3.87. The summed E-state index contributed by atoms with van der Waals surface area (Å²) in [5, 5.41) is 3.63. The summed E-state index contributed by atoms with van der Waals surface area (Å²) in [6.45, 7) is 11.9. The Kier molecular flexibility index (Phi) is 7.54. The lowest BCUT2D eigenvalue weighted by molar-refractivity contribution is 0.0214. The fourth-order valence-electron chi connectivity index (χ4n) is 8.75. The normalized spacial score (nSPS) is 27.0. The van der Waals surface area contributed by atoms with Crippen LogP contribution in [0.4, 0.5) is 4.79 Å². The first-order valence-electron chi connectivity index (χ1n) is 17.7. The first kappa shape index (κ1) is 30.4. The van der Waals surface area contributed by atoms with Gasteiger partial charge < -0.3 is 20.0 Å². The van der Waals surface area contributed by atoms with E-state index >= 15 is 0 Å². The second-order valence-electron chi connectivity index (χ2n) is 15.8. The molecule has 1 saturated carbocycles. The number of carbonyl (C=O) groups is 1. The van der Waals surface area contributed by atoms with Crippen LogP contribution in [0.15, 0.2) is 48.8 Å². The van der Waals surface area contributed by atoms with Crippen molar-refractivity contribution in [1.82, 2.24) is 30.2 Å². The maximum atomic E-state index is 13.0. The maximum Gasteiger partial charge on any atom is 0.410 e. The highest BCUT2D eigenvalue weighted by Gasteiger charge is 2.39. The molecule has 9 rings (SSSR count). The number of likely N-dealkylation sites (tertiary alicyclic amines) is 1. The Morgan fingerprint density at radius 1 is 0.787 bits per heavy atom. The number of nitrogens with one attached hydrogen (secondary N) is 3. The van der Waals surface area contributed by atoms with Crippen LogP contribution in [0.3, 0.4) is 0 Å². The molecule has 0 radical (unpaired) electrons. The molecule has 47 heavy (non-hydrogen) atoms. The van der Waals surface area contributed by atoms with E-state index in [1.165, 1.54) is 42.4 Å². The predicted molar refractivity (Wildman–Crippen MR) is 185 cm³/mol. The van der Waals surface area contributed by atoms with Crippen molar-refractivity contribution < 1.29 is 9.53 Å². The molecule has 4 heterocycles. The van der Waals surface area contributed by atoms with Crippen LogP contribution in [0, 0.1) is 11.8 Å². The van der Waals surface area contributed by atoms with Crippen molar-refractivity contribution in [2.75, 3.05) is 13.1 Å². The molecule has 2 bridgehead atoms. The lowest BCUT2D eigenvalue weighted by Crippen LogP contribution is -2.37. The van der Waals surface area contributed by atoms with E-state index < -0.39 is 5.60 Å². The van der Waals surface area contributed by atoms with Gasteiger partial charge in [-0.05, 0) is 117 Å².